The number of nitrogens with one attached hydrogen (secondary N) is 2. The van der Waals surface area contributed by atoms with Gasteiger partial charge in [-0.15, -0.1) is 0 Å². The number of fused-ring (bicyclic) bond motifs is 2. The molecule has 4 rings (SSSR count). The summed E-state index contributed by atoms with van der Waals surface area (Å²) in [7, 11) is 3.88. The minimum absolute atomic E-state index is 0.246. The summed E-state index contributed by atoms with van der Waals surface area (Å²) in [6, 6.07) is 17.9. The van der Waals surface area contributed by atoms with Gasteiger partial charge < -0.3 is 20.3 Å². The normalized spacial score (nSPS) is 12.0. The molecule has 1 heterocycles. The standard InChI is InChI=1S/C23H21N3O3/c1-14-4-10-21-19(12-14)25-23(28)18-13-16(7-11-20(18)29-21)24-22(27)15-5-8-17(9-6-15)26(2)3/h4-13H,1-3H3,(H,24,27)(H,25,28). The average molecular weight is 387 g/mol. The fraction of sp³-hybridized carbons (Fsp3) is 0.130. The Morgan fingerprint density at radius 2 is 1.69 bits per heavy atom. The first kappa shape index (κ1) is 18.6. The van der Waals surface area contributed by atoms with Crippen LogP contribution in [0.15, 0.2) is 60.7 Å². The number of carbonyl (C=O) groups excluding carboxylic acids is 2. The van der Waals surface area contributed by atoms with E-state index in [1.807, 2.05) is 56.3 Å². The average Bonchev–Trinajstić information content (AvgIpc) is 2.83. The van der Waals surface area contributed by atoms with Crippen molar-refractivity contribution in [2.45, 2.75) is 6.92 Å². The molecule has 0 unspecified atom stereocenters. The highest BCUT2D eigenvalue weighted by atomic mass is 16.5. The van der Waals surface area contributed by atoms with Gasteiger partial charge >= 0.3 is 0 Å². The number of hydrogen-bond donors (Lipinski definition) is 2. The van der Waals surface area contributed by atoms with Crippen molar-refractivity contribution in [2.24, 2.45) is 0 Å². The van der Waals surface area contributed by atoms with Crippen LogP contribution in [-0.2, 0) is 0 Å². The van der Waals surface area contributed by atoms with Crippen molar-refractivity contribution < 1.29 is 14.3 Å². The van der Waals surface area contributed by atoms with Crippen LogP contribution in [0.3, 0.4) is 0 Å². The van der Waals surface area contributed by atoms with Gasteiger partial charge in [-0.2, -0.15) is 0 Å². The zero-order chi connectivity index (χ0) is 20.5. The number of aryl methyl sites for hydroxylation is 1. The summed E-state index contributed by atoms with van der Waals surface area (Å²) < 4.78 is 5.91. The van der Waals surface area contributed by atoms with Gasteiger partial charge in [-0.05, 0) is 67.1 Å². The maximum absolute atomic E-state index is 12.7. The van der Waals surface area contributed by atoms with Gasteiger partial charge in [-0.1, -0.05) is 6.07 Å². The molecule has 0 saturated heterocycles. The smallest absolute Gasteiger partial charge is 0.259 e. The molecule has 0 saturated carbocycles. The molecule has 29 heavy (non-hydrogen) atoms. The Labute approximate surface area is 169 Å². The molecule has 0 bridgehead atoms. The molecule has 0 radical (unpaired) electrons. The van der Waals surface area contributed by atoms with Gasteiger partial charge in [0.25, 0.3) is 11.8 Å². The van der Waals surface area contributed by atoms with Gasteiger partial charge in [0.15, 0.2) is 5.75 Å². The molecule has 1 aliphatic heterocycles. The molecule has 0 aliphatic carbocycles. The Morgan fingerprint density at radius 3 is 2.41 bits per heavy atom. The van der Waals surface area contributed by atoms with Gasteiger partial charge in [0, 0.05) is 31.0 Å². The zero-order valence-electron chi connectivity index (χ0n) is 16.4. The zero-order valence-corrected chi connectivity index (χ0v) is 16.4. The quantitative estimate of drug-likeness (QED) is 0.685. The maximum Gasteiger partial charge on any atom is 0.259 e. The van der Waals surface area contributed by atoms with Crippen molar-refractivity contribution >= 4 is 28.9 Å². The van der Waals surface area contributed by atoms with E-state index in [0.29, 0.717) is 34.0 Å². The molecule has 2 N–H and O–H groups in total. The Bertz CT molecular complexity index is 1100. The van der Waals surface area contributed by atoms with Gasteiger partial charge in [0.05, 0.1) is 11.3 Å². The fourth-order valence-electron chi connectivity index (χ4n) is 3.13. The van der Waals surface area contributed by atoms with Crippen LogP contribution in [0.4, 0.5) is 17.1 Å². The molecule has 146 valence electrons. The molecule has 6 heteroatoms. The fourth-order valence-corrected chi connectivity index (χ4v) is 3.13. The third kappa shape index (κ3) is 3.78. The van der Waals surface area contributed by atoms with Crippen LogP contribution in [-0.4, -0.2) is 25.9 Å². The molecule has 2 amide bonds. The van der Waals surface area contributed by atoms with Crippen molar-refractivity contribution in [3.05, 3.63) is 77.4 Å². The molecule has 3 aromatic carbocycles. The second-order valence-electron chi connectivity index (χ2n) is 7.16. The molecule has 3 aromatic rings. The number of carbonyl (C=O) groups is 2. The Hall–Kier alpha value is -3.80. The summed E-state index contributed by atoms with van der Waals surface area (Å²) in [5, 5.41) is 5.71. The highest BCUT2D eigenvalue weighted by molar-refractivity contribution is 6.10. The first-order chi connectivity index (χ1) is 13.9. The number of amides is 2. The van der Waals surface area contributed by atoms with Crippen molar-refractivity contribution in [1.82, 2.24) is 0 Å². The summed E-state index contributed by atoms with van der Waals surface area (Å²) in [6.07, 6.45) is 0. The Morgan fingerprint density at radius 1 is 0.966 bits per heavy atom. The first-order valence-electron chi connectivity index (χ1n) is 9.23. The molecular weight excluding hydrogens is 366 g/mol. The van der Waals surface area contributed by atoms with E-state index in [4.69, 9.17) is 4.74 Å². The van der Waals surface area contributed by atoms with Gasteiger partial charge in [-0.3, -0.25) is 9.59 Å². The minimum atomic E-state index is -0.282. The van der Waals surface area contributed by atoms with Crippen LogP contribution in [0.5, 0.6) is 11.5 Å². The molecule has 0 spiro atoms. The topological polar surface area (TPSA) is 70.7 Å². The predicted octanol–water partition coefficient (Wildman–Crippen LogP) is 4.67. The molecule has 6 nitrogen and oxygen atoms in total. The van der Waals surface area contributed by atoms with Crippen LogP contribution in [0.1, 0.15) is 26.3 Å². The lowest BCUT2D eigenvalue weighted by molar-refractivity contribution is 0.101. The van der Waals surface area contributed by atoms with E-state index in [1.54, 1.807) is 30.3 Å². The molecule has 0 aromatic heterocycles. The van der Waals surface area contributed by atoms with Crippen molar-refractivity contribution in [3.63, 3.8) is 0 Å². The molecular formula is C23H21N3O3. The van der Waals surface area contributed by atoms with E-state index in [1.165, 1.54) is 0 Å². The van der Waals surface area contributed by atoms with E-state index in [2.05, 4.69) is 10.6 Å². The molecule has 0 fully saturated rings. The third-order valence-corrected chi connectivity index (χ3v) is 4.73. The molecule has 1 aliphatic rings. The largest absolute Gasteiger partial charge is 0.454 e. The second-order valence-corrected chi connectivity index (χ2v) is 7.16. The highest BCUT2D eigenvalue weighted by Gasteiger charge is 2.21. The van der Waals surface area contributed by atoms with Gasteiger partial charge in [0.2, 0.25) is 0 Å². The number of anilines is 3. The minimum Gasteiger partial charge on any atom is -0.454 e. The van der Waals surface area contributed by atoms with E-state index < -0.39 is 0 Å². The van der Waals surface area contributed by atoms with Gasteiger partial charge in [-0.25, -0.2) is 0 Å². The summed E-state index contributed by atoms with van der Waals surface area (Å²) in [5.74, 6) is 0.499. The number of hydrogen-bond acceptors (Lipinski definition) is 4. The van der Waals surface area contributed by atoms with E-state index in [-0.39, 0.29) is 11.8 Å². The lowest BCUT2D eigenvalue weighted by Crippen LogP contribution is -2.14. The Kier molecular flexibility index (Phi) is 4.68. The van der Waals surface area contributed by atoms with Crippen LogP contribution >= 0.6 is 0 Å². The monoisotopic (exact) mass is 387 g/mol. The number of rotatable bonds is 3. The van der Waals surface area contributed by atoms with Crippen molar-refractivity contribution in [3.8, 4) is 11.5 Å². The summed E-state index contributed by atoms with van der Waals surface area (Å²) >= 11 is 0. The second kappa shape index (κ2) is 7.31. The summed E-state index contributed by atoms with van der Waals surface area (Å²) in [6.45, 7) is 1.95. The van der Waals surface area contributed by atoms with E-state index >= 15 is 0 Å². The first-order valence-corrected chi connectivity index (χ1v) is 9.23. The third-order valence-electron chi connectivity index (χ3n) is 4.73. The van der Waals surface area contributed by atoms with Crippen molar-refractivity contribution in [2.75, 3.05) is 29.6 Å². The Balaban J connectivity index is 1.57. The SMILES string of the molecule is Cc1ccc2c(c1)NC(=O)c1cc(NC(=O)c3ccc(N(C)C)cc3)ccc1O2. The van der Waals surface area contributed by atoms with Gasteiger partial charge in [0.1, 0.15) is 5.75 Å². The van der Waals surface area contributed by atoms with Crippen molar-refractivity contribution in [1.29, 1.82) is 0 Å². The lowest BCUT2D eigenvalue weighted by atomic mass is 10.1. The van der Waals surface area contributed by atoms with Crippen LogP contribution in [0, 0.1) is 6.92 Å². The summed E-state index contributed by atoms with van der Waals surface area (Å²) in [4.78, 5) is 27.2. The number of nitrogens with zero attached hydrogens (tertiary/aromatic N) is 1. The number of benzene rings is 3. The molecule has 0 atom stereocenters. The lowest BCUT2D eigenvalue weighted by Gasteiger charge is -2.13. The summed E-state index contributed by atoms with van der Waals surface area (Å²) in [5.41, 5.74) is 4.07. The van der Waals surface area contributed by atoms with E-state index in [9.17, 15) is 9.59 Å². The highest BCUT2D eigenvalue weighted by Crippen LogP contribution is 2.37. The van der Waals surface area contributed by atoms with Crippen LogP contribution in [0.25, 0.3) is 0 Å². The van der Waals surface area contributed by atoms with Crippen LogP contribution < -0.4 is 20.3 Å². The van der Waals surface area contributed by atoms with E-state index in [0.717, 1.165) is 11.3 Å². The van der Waals surface area contributed by atoms with Crippen LogP contribution in [0.2, 0.25) is 0 Å². The number of ether oxygens (including phenoxy) is 1. The maximum atomic E-state index is 12.7. The predicted molar refractivity (Wildman–Crippen MR) is 114 cm³/mol.